The first-order valence-corrected chi connectivity index (χ1v) is 24.7. The van der Waals surface area contributed by atoms with Gasteiger partial charge in [0.1, 0.15) is 0 Å². The number of halogens is 2. The first-order valence-electron chi connectivity index (χ1n) is 9.96. The van der Waals surface area contributed by atoms with Crippen LogP contribution in [0, 0.1) is 6.92 Å². The number of fused-ring (bicyclic) bond motifs is 1. The number of rotatable bonds is 4. The minimum atomic E-state index is -2.42. The topological polar surface area (TPSA) is 0 Å². The average Bonchev–Trinajstić information content (AvgIpc) is 2.88. The van der Waals surface area contributed by atoms with Gasteiger partial charge in [0.2, 0.25) is 0 Å². The molecule has 0 heterocycles. The summed E-state index contributed by atoms with van der Waals surface area (Å²) in [6.07, 6.45) is 2.35. The summed E-state index contributed by atoms with van der Waals surface area (Å²) in [5, 5.41) is 3.11. The summed E-state index contributed by atoms with van der Waals surface area (Å²) in [6, 6.07) is 12.0. The van der Waals surface area contributed by atoms with Crippen molar-refractivity contribution in [1.82, 2.24) is 0 Å². The van der Waals surface area contributed by atoms with Gasteiger partial charge in [-0.3, -0.25) is 0 Å². The summed E-state index contributed by atoms with van der Waals surface area (Å²) in [7, 11) is 10.3. The van der Waals surface area contributed by atoms with E-state index in [0.29, 0.717) is 0 Å². The molecule has 0 amide bonds. The number of hydrogen-bond donors (Lipinski definition) is 0. The zero-order valence-corrected chi connectivity index (χ0v) is 24.3. The maximum absolute atomic E-state index is 6.55. The van der Waals surface area contributed by atoms with Gasteiger partial charge in [-0.15, -0.1) is 0 Å². The standard InChI is InChI=1S/C23H31Si2.2ClH.Zr/c1-16-11-18-10-9-17(2)23(22(18)12-16)19-13-20(24(3,4)5)15-21(14-19)25(6,7)8;;;/h9-15H,1-8H3;2*1H;/q;;;+2/p-2. The zero-order chi connectivity index (χ0) is 21.0. The molecule has 0 spiro atoms. The van der Waals surface area contributed by atoms with Crippen molar-refractivity contribution >= 4 is 49.6 Å². The van der Waals surface area contributed by atoms with Gasteiger partial charge >= 0.3 is 189 Å². The van der Waals surface area contributed by atoms with Crippen LogP contribution in [0.1, 0.15) is 27.2 Å². The third kappa shape index (κ3) is 4.40. The van der Waals surface area contributed by atoms with E-state index >= 15 is 0 Å². The van der Waals surface area contributed by atoms with Crippen LogP contribution in [0.3, 0.4) is 0 Å². The molecule has 28 heavy (non-hydrogen) atoms. The first kappa shape index (κ1) is 22.8. The molecule has 1 aliphatic rings. The van der Waals surface area contributed by atoms with Gasteiger partial charge in [0.05, 0.1) is 0 Å². The van der Waals surface area contributed by atoms with Crippen LogP contribution < -0.4 is 10.4 Å². The van der Waals surface area contributed by atoms with Crippen molar-refractivity contribution in [2.24, 2.45) is 0 Å². The molecule has 0 saturated carbocycles. The monoisotopic (exact) mass is 523 g/mol. The number of benzene rings is 2. The summed E-state index contributed by atoms with van der Waals surface area (Å²) in [5.41, 5.74) is 8.16. The molecule has 0 radical (unpaired) electrons. The van der Waals surface area contributed by atoms with Crippen LogP contribution in [-0.2, 0) is 19.4 Å². The molecule has 1 aliphatic carbocycles. The normalized spacial score (nSPS) is 16.8. The second-order valence-corrected chi connectivity index (χ2v) is 29.1. The van der Waals surface area contributed by atoms with Crippen LogP contribution in [0.15, 0.2) is 35.9 Å². The Morgan fingerprint density at radius 3 is 1.82 bits per heavy atom. The van der Waals surface area contributed by atoms with Crippen LogP contribution in [-0.4, -0.2) is 16.1 Å². The van der Waals surface area contributed by atoms with Crippen LogP contribution in [0.5, 0.6) is 0 Å². The third-order valence-electron chi connectivity index (χ3n) is 5.80. The van der Waals surface area contributed by atoms with Gasteiger partial charge in [-0.1, -0.05) is 0 Å². The molecule has 149 valence electrons. The van der Waals surface area contributed by atoms with Gasteiger partial charge in [0, 0.05) is 0 Å². The molecule has 2 aromatic carbocycles. The molecular formula is C23H31Cl2Si2Zr. The average molecular weight is 526 g/mol. The van der Waals surface area contributed by atoms with E-state index in [4.69, 9.17) is 17.0 Å². The Morgan fingerprint density at radius 2 is 1.36 bits per heavy atom. The molecule has 0 saturated heterocycles. The van der Waals surface area contributed by atoms with Gasteiger partial charge in [0.15, 0.2) is 0 Å². The second-order valence-electron chi connectivity index (χ2n) is 10.2. The Labute approximate surface area is 188 Å². The summed E-state index contributed by atoms with van der Waals surface area (Å²) >= 11 is -2.42. The molecule has 0 aliphatic heterocycles. The fourth-order valence-corrected chi connectivity index (χ4v) is 12.2. The molecule has 0 N–H and O–H groups in total. The van der Waals surface area contributed by atoms with Crippen molar-refractivity contribution in [3.63, 3.8) is 0 Å². The van der Waals surface area contributed by atoms with Crippen molar-refractivity contribution in [3.8, 4) is 11.1 Å². The van der Waals surface area contributed by atoms with E-state index in [-0.39, 0.29) is 3.63 Å². The summed E-state index contributed by atoms with van der Waals surface area (Å²) < 4.78 is 0.289. The van der Waals surface area contributed by atoms with E-state index in [9.17, 15) is 0 Å². The molecule has 0 bridgehead atoms. The fraction of sp³-hybridized carbons (Fsp3) is 0.391. The molecule has 3 rings (SSSR count). The number of allylic oxidation sites excluding steroid dienone is 1. The molecule has 0 aromatic heterocycles. The fourth-order valence-electron chi connectivity index (χ4n) is 4.02. The summed E-state index contributed by atoms with van der Waals surface area (Å²) in [4.78, 5) is 0. The Bertz CT molecular complexity index is 918. The van der Waals surface area contributed by atoms with E-state index in [1.807, 2.05) is 0 Å². The van der Waals surface area contributed by atoms with Crippen LogP contribution in [0.2, 0.25) is 39.3 Å². The van der Waals surface area contributed by atoms with Gasteiger partial charge in [0.25, 0.3) is 0 Å². The van der Waals surface area contributed by atoms with Crippen molar-refractivity contribution in [1.29, 1.82) is 0 Å². The van der Waals surface area contributed by atoms with Gasteiger partial charge in [-0.05, 0) is 0 Å². The van der Waals surface area contributed by atoms with E-state index in [0.717, 1.165) is 0 Å². The summed E-state index contributed by atoms with van der Waals surface area (Å²) in [6.45, 7) is 19.1. The second kappa shape index (κ2) is 7.97. The Morgan fingerprint density at radius 1 is 0.821 bits per heavy atom. The zero-order valence-electron chi connectivity index (χ0n) is 18.3. The molecule has 5 heteroatoms. The van der Waals surface area contributed by atoms with Crippen molar-refractivity contribution in [2.45, 2.75) is 56.8 Å². The van der Waals surface area contributed by atoms with Crippen molar-refractivity contribution in [2.75, 3.05) is 0 Å². The Kier molecular flexibility index (Phi) is 6.47. The van der Waals surface area contributed by atoms with Crippen LogP contribution in [0.25, 0.3) is 17.2 Å². The predicted octanol–water partition coefficient (Wildman–Crippen LogP) is 7.14. The maximum atomic E-state index is 6.55. The van der Waals surface area contributed by atoms with Gasteiger partial charge in [-0.2, -0.15) is 0 Å². The van der Waals surface area contributed by atoms with Gasteiger partial charge in [-0.25, -0.2) is 0 Å². The van der Waals surface area contributed by atoms with Crippen molar-refractivity contribution in [3.05, 3.63) is 52.6 Å². The van der Waals surface area contributed by atoms with Crippen LogP contribution >= 0.6 is 17.0 Å². The van der Waals surface area contributed by atoms with E-state index in [2.05, 4.69) is 89.5 Å². The Balaban J connectivity index is 2.31. The molecule has 1 atom stereocenters. The number of aryl methyl sites for hydroxylation is 1. The van der Waals surface area contributed by atoms with Crippen molar-refractivity contribution < 1.29 is 19.4 Å². The predicted molar refractivity (Wildman–Crippen MR) is 131 cm³/mol. The Hall–Kier alpha value is 0.0769. The van der Waals surface area contributed by atoms with Gasteiger partial charge < -0.3 is 0 Å². The van der Waals surface area contributed by atoms with E-state index < -0.39 is 35.5 Å². The van der Waals surface area contributed by atoms with E-state index in [1.54, 1.807) is 10.4 Å². The van der Waals surface area contributed by atoms with E-state index in [1.165, 1.54) is 33.4 Å². The number of hydrogen-bond acceptors (Lipinski definition) is 0. The molecule has 2 aromatic rings. The third-order valence-corrected chi connectivity index (χ3v) is 15.4. The van der Waals surface area contributed by atoms with Crippen LogP contribution in [0.4, 0.5) is 0 Å². The molecular weight excluding hydrogens is 495 g/mol. The molecule has 1 unspecified atom stereocenters. The summed E-state index contributed by atoms with van der Waals surface area (Å²) in [5.74, 6) is 0. The SMILES string of the molecule is CC1=Cc2c(ccc(C)c2-c2cc([Si](C)(C)C)cc([Si](C)(C)C)c2)[CH]1[Zr]([Cl])[Cl]. The quantitative estimate of drug-likeness (QED) is 0.372. The minimum absolute atomic E-state index is 0.289. The first-order chi connectivity index (χ1) is 12.8. The molecule has 0 fully saturated rings. The molecule has 0 nitrogen and oxygen atoms in total.